The zero-order chi connectivity index (χ0) is 19.3. The summed E-state index contributed by atoms with van der Waals surface area (Å²) in [7, 11) is 0. The van der Waals surface area contributed by atoms with Gasteiger partial charge in [0.25, 0.3) is 5.91 Å². The van der Waals surface area contributed by atoms with Crippen molar-refractivity contribution in [3.8, 4) is 0 Å². The van der Waals surface area contributed by atoms with Crippen LogP contribution in [-0.2, 0) is 4.74 Å². The quantitative estimate of drug-likeness (QED) is 0.554. The van der Waals surface area contributed by atoms with Crippen molar-refractivity contribution in [3.63, 3.8) is 0 Å². The van der Waals surface area contributed by atoms with Crippen LogP contribution >= 0.6 is 0 Å². The predicted octanol–water partition coefficient (Wildman–Crippen LogP) is 2.43. The topological polar surface area (TPSA) is 121 Å². The summed E-state index contributed by atoms with van der Waals surface area (Å²) in [6.07, 6.45) is 3.62. The molecule has 2 aromatic heterocycles. The molecule has 0 radical (unpaired) electrons. The summed E-state index contributed by atoms with van der Waals surface area (Å²) in [4.78, 5) is 28.6. The van der Waals surface area contributed by atoms with Crippen molar-refractivity contribution in [1.82, 2.24) is 25.8 Å². The van der Waals surface area contributed by atoms with Gasteiger partial charge < -0.3 is 20.7 Å². The number of aromatic nitrogens is 3. The SMILES string of the molecule is O=C1NCCCCNC(=O)c2cccc(n2)Nc2cc([nH]n2)[C@H]2CC[C@H](C2)O1. The zero-order valence-electron chi connectivity index (χ0n) is 15.5. The van der Waals surface area contributed by atoms with Crippen LogP contribution in [0.5, 0.6) is 0 Å². The minimum atomic E-state index is -0.375. The van der Waals surface area contributed by atoms with E-state index in [1.165, 1.54) is 0 Å². The summed E-state index contributed by atoms with van der Waals surface area (Å²) in [6, 6.07) is 7.20. The Morgan fingerprint density at radius 3 is 2.79 bits per heavy atom. The first kappa shape index (κ1) is 18.3. The Hall–Kier alpha value is -3.10. The van der Waals surface area contributed by atoms with E-state index in [-0.39, 0.29) is 24.0 Å². The van der Waals surface area contributed by atoms with Crippen molar-refractivity contribution in [1.29, 1.82) is 0 Å². The van der Waals surface area contributed by atoms with Gasteiger partial charge in [0.15, 0.2) is 5.82 Å². The van der Waals surface area contributed by atoms with Gasteiger partial charge in [0.1, 0.15) is 17.6 Å². The minimum absolute atomic E-state index is 0.0792. The van der Waals surface area contributed by atoms with E-state index in [0.29, 0.717) is 30.4 Å². The molecule has 4 rings (SSSR count). The van der Waals surface area contributed by atoms with Gasteiger partial charge >= 0.3 is 6.09 Å². The van der Waals surface area contributed by atoms with Gasteiger partial charge in [-0.15, -0.1) is 0 Å². The third-order valence-corrected chi connectivity index (χ3v) is 5.09. The molecule has 1 saturated carbocycles. The molecule has 1 aliphatic carbocycles. The molecular formula is C19H24N6O3. The minimum Gasteiger partial charge on any atom is -0.446 e. The lowest BCUT2D eigenvalue weighted by Crippen LogP contribution is -2.30. The van der Waals surface area contributed by atoms with Crippen molar-refractivity contribution in [2.24, 2.45) is 0 Å². The van der Waals surface area contributed by atoms with Gasteiger partial charge in [0.2, 0.25) is 0 Å². The maximum absolute atomic E-state index is 12.3. The number of alkyl carbamates (subject to hydrolysis) is 1. The van der Waals surface area contributed by atoms with E-state index in [2.05, 4.69) is 31.1 Å². The molecule has 4 N–H and O–H groups in total. The number of carbonyl (C=O) groups is 2. The number of amides is 2. The number of fused-ring (bicyclic) bond motifs is 7. The third-order valence-electron chi connectivity index (χ3n) is 5.09. The van der Waals surface area contributed by atoms with Crippen LogP contribution < -0.4 is 16.0 Å². The molecule has 0 spiro atoms. The van der Waals surface area contributed by atoms with Crippen molar-refractivity contribution >= 4 is 23.6 Å². The molecule has 2 aromatic rings. The van der Waals surface area contributed by atoms with E-state index in [9.17, 15) is 9.59 Å². The molecule has 2 amide bonds. The number of hydrogen-bond donors (Lipinski definition) is 4. The number of carbonyl (C=O) groups excluding carboxylic acids is 2. The van der Waals surface area contributed by atoms with Crippen LogP contribution in [0, 0.1) is 0 Å². The first-order valence-corrected chi connectivity index (χ1v) is 9.69. The number of aromatic amines is 1. The fraction of sp³-hybridized carbons (Fsp3) is 0.474. The molecule has 1 aliphatic heterocycles. The highest BCUT2D eigenvalue weighted by atomic mass is 16.6. The van der Waals surface area contributed by atoms with E-state index >= 15 is 0 Å². The Bertz CT molecular complexity index is 852. The largest absolute Gasteiger partial charge is 0.446 e. The number of nitrogens with zero attached hydrogens (tertiary/aromatic N) is 2. The molecule has 3 heterocycles. The van der Waals surface area contributed by atoms with Gasteiger partial charge in [-0.1, -0.05) is 6.07 Å². The highest BCUT2D eigenvalue weighted by Gasteiger charge is 2.30. The number of ether oxygens (including phenoxy) is 1. The van der Waals surface area contributed by atoms with Crippen LogP contribution in [0.1, 0.15) is 54.2 Å². The molecule has 0 unspecified atom stereocenters. The average molecular weight is 384 g/mol. The monoisotopic (exact) mass is 384 g/mol. The molecule has 0 saturated heterocycles. The third kappa shape index (κ3) is 4.41. The second kappa shape index (κ2) is 8.28. The fourth-order valence-corrected chi connectivity index (χ4v) is 3.63. The van der Waals surface area contributed by atoms with E-state index < -0.39 is 0 Å². The molecule has 2 atom stereocenters. The highest BCUT2D eigenvalue weighted by molar-refractivity contribution is 5.92. The normalized spacial score (nSPS) is 23.3. The van der Waals surface area contributed by atoms with Crippen LogP contribution in [0.2, 0.25) is 0 Å². The second-order valence-corrected chi connectivity index (χ2v) is 7.17. The first-order chi connectivity index (χ1) is 13.7. The average Bonchev–Trinajstić information content (AvgIpc) is 3.33. The summed E-state index contributed by atoms with van der Waals surface area (Å²) < 4.78 is 5.52. The highest BCUT2D eigenvalue weighted by Crippen LogP contribution is 2.36. The van der Waals surface area contributed by atoms with Crippen molar-refractivity contribution in [3.05, 3.63) is 35.7 Å². The van der Waals surface area contributed by atoms with Gasteiger partial charge in [-0.05, 0) is 44.2 Å². The van der Waals surface area contributed by atoms with Gasteiger partial charge in [-0.3, -0.25) is 9.89 Å². The predicted molar refractivity (Wildman–Crippen MR) is 103 cm³/mol. The molecule has 0 aromatic carbocycles. The van der Waals surface area contributed by atoms with Gasteiger partial charge in [-0.2, -0.15) is 5.10 Å². The number of rotatable bonds is 0. The van der Waals surface area contributed by atoms with Crippen LogP contribution in [0.4, 0.5) is 16.4 Å². The maximum atomic E-state index is 12.3. The number of H-pyrrole nitrogens is 1. The van der Waals surface area contributed by atoms with Gasteiger partial charge in [-0.25, -0.2) is 9.78 Å². The Labute approximate surface area is 162 Å². The molecule has 9 heteroatoms. The van der Waals surface area contributed by atoms with Gasteiger partial charge in [0.05, 0.1) is 0 Å². The van der Waals surface area contributed by atoms with Crippen LogP contribution in [0.25, 0.3) is 0 Å². The molecule has 1 fully saturated rings. The fourth-order valence-electron chi connectivity index (χ4n) is 3.63. The van der Waals surface area contributed by atoms with Crippen LogP contribution in [-0.4, -0.2) is 46.4 Å². The van der Waals surface area contributed by atoms with Crippen molar-refractivity contribution in [2.75, 3.05) is 18.4 Å². The summed E-state index contributed by atoms with van der Waals surface area (Å²) in [5, 5.41) is 16.1. The van der Waals surface area contributed by atoms with Crippen molar-refractivity contribution < 1.29 is 14.3 Å². The lowest BCUT2D eigenvalue weighted by Gasteiger charge is -2.13. The number of anilines is 2. The molecule has 9 nitrogen and oxygen atoms in total. The Balaban J connectivity index is 1.52. The summed E-state index contributed by atoms with van der Waals surface area (Å²) in [5.74, 6) is 1.24. The molecule has 6 bridgehead atoms. The molecular weight excluding hydrogens is 360 g/mol. The first-order valence-electron chi connectivity index (χ1n) is 9.69. The summed E-state index contributed by atoms with van der Waals surface area (Å²) in [5.41, 5.74) is 1.35. The van der Waals surface area contributed by atoms with E-state index in [1.54, 1.807) is 18.2 Å². The van der Waals surface area contributed by atoms with Gasteiger partial charge in [0, 0.05) is 30.8 Å². The smallest absolute Gasteiger partial charge is 0.407 e. The standard InChI is InChI=1S/C19H24N6O3/c26-18-14-4-3-5-16(22-14)23-17-11-15(24-25-17)12-6-7-13(10-12)28-19(27)21-9-2-1-8-20-18/h3-5,11-13H,1-2,6-10H2,(H,20,26)(H,21,27)(H2,22,23,24,25)/t12-,13+/m0/s1. The lowest BCUT2D eigenvalue weighted by atomic mass is 10.0. The summed E-state index contributed by atoms with van der Waals surface area (Å²) in [6.45, 7) is 1.04. The Morgan fingerprint density at radius 1 is 1.04 bits per heavy atom. The van der Waals surface area contributed by atoms with Crippen LogP contribution in [0.15, 0.2) is 24.3 Å². The van der Waals surface area contributed by atoms with Crippen molar-refractivity contribution in [2.45, 2.75) is 44.1 Å². The number of hydrogen-bond acceptors (Lipinski definition) is 6. The van der Waals surface area contributed by atoms with Crippen LogP contribution in [0.3, 0.4) is 0 Å². The van der Waals surface area contributed by atoms with E-state index in [4.69, 9.17) is 4.74 Å². The molecule has 28 heavy (non-hydrogen) atoms. The number of nitrogens with one attached hydrogen (secondary N) is 4. The Kier molecular flexibility index (Phi) is 5.41. The van der Waals surface area contributed by atoms with E-state index in [1.807, 2.05) is 6.07 Å². The zero-order valence-corrected chi connectivity index (χ0v) is 15.5. The number of pyridine rings is 1. The molecule has 148 valence electrons. The molecule has 2 aliphatic rings. The lowest BCUT2D eigenvalue weighted by molar-refractivity contribution is 0.0944. The Morgan fingerprint density at radius 2 is 1.89 bits per heavy atom. The summed E-state index contributed by atoms with van der Waals surface area (Å²) >= 11 is 0. The van der Waals surface area contributed by atoms with E-state index in [0.717, 1.165) is 37.8 Å². The maximum Gasteiger partial charge on any atom is 0.407 e. The second-order valence-electron chi connectivity index (χ2n) is 7.17.